The number of amides is 1. The number of fused-ring (bicyclic) bond motifs is 2. The number of carbonyl (C=O) groups is 1. The van der Waals surface area contributed by atoms with Crippen LogP contribution in [0.1, 0.15) is 18.1 Å². The van der Waals surface area contributed by atoms with Gasteiger partial charge in [-0.25, -0.2) is 0 Å². The second-order valence-electron chi connectivity index (χ2n) is 8.13. The van der Waals surface area contributed by atoms with E-state index in [1.54, 1.807) is 31.8 Å². The van der Waals surface area contributed by atoms with Gasteiger partial charge in [-0.05, 0) is 46.5 Å². The first-order valence-electron chi connectivity index (χ1n) is 11.1. The van der Waals surface area contributed by atoms with Crippen LogP contribution in [-0.4, -0.2) is 18.0 Å². The zero-order valence-corrected chi connectivity index (χ0v) is 19.0. The quantitative estimate of drug-likeness (QED) is 0.306. The van der Waals surface area contributed by atoms with Gasteiger partial charge in [-0.1, -0.05) is 48.5 Å². The number of pyridine rings is 1. The van der Waals surface area contributed by atoms with Crippen LogP contribution in [0.25, 0.3) is 38.4 Å². The largest absolute Gasteiger partial charge is 0.496 e. The summed E-state index contributed by atoms with van der Waals surface area (Å²) < 4.78 is 11.5. The van der Waals surface area contributed by atoms with Crippen molar-refractivity contribution in [2.45, 2.75) is 13.5 Å². The Hall–Kier alpha value is -4.38. The molecule has 2 aromatic heterocycles. The van der Waals surface area contributed by atoms with Crippen molar-refractivity contribution in [3.63, 3.8) is 0 Å². The third kappa shape index (κ3) is 4.16. The molecule has 5 rings (SSSR count). The number of benzene rings is 3. The number of furan rings is 1. The second kappa shape index (κ2) is 9.24. The van der Waals surface area contributed by atoms with E-state index in [2.05, 4.69) is 40.6 Å². The predicted octanol–water partition coefficient (Wildman–Crippen LogP) is 6.38. The summed E-state index contributed by atoms with van der Waals surface area (Å²) >= 11 is 0. The van der Waals surface area contributed by atoms with Crippen LogP contribution >= 0.6 is 0 Å². The summed E-state index contributed by atoms with van der Waals surface area (Å²) in [6.07, 6.45) is 6.83. The highest BCUT2D eigenvalue weighted by atomic mass is 16.5. The molecule has 5 nitrogen and oxygen atoms in total. The van der Waals surface area contributed by atoms with Crippen LogP contribution in [-0.2, 0) is 11.3 Å². The van der Waals surface area contributed by atoms with Crippen molar-refractivity contribution in [3.05, 3.63) is 103 Å². The van der Waals surface area contributed by atoms with Gasteiger partial charge in [-0.2, -0.15) is 0 Å². The Labute approximate surface area is 197 Å². The molecule has 0 saturated carbocycles. The van der Waals surface area contributed by atoms with E-state index in [1.807, 2.05) is 43.3 Å². The molecule has 0 aliphatic heterocycles. The number of carbonyl (C=O) groups excluding carboxylic acids is 1. The van der Waals surface area contributed by atoms with E-state index in [-0.39, 0.29) is 5.91 Å². The van der Waals surface area contributed by atoms with Crippen molar-refractivity contribution in [2.75, 3.05) is 7.11 Å². The molecule has 3 aromatic carbocycles. The highest BCUT2D eigenvalue weighted by Crippen LogP contribution is 2.39. The molecular formula is C29H24N2O3. The summed E-state index contributed by atoms with van der Waals surface area (Å²) in [5.74, 6) is 0.477. The molecule has 0 fully saturated rings. The fourth-order valence-electron chi connectivity index (χ4n) is 4.22. The van der Waals surface area contributed by atoms with Gasteiger partial charge in [0.05, 0.1) is 13.4 Å². The van der Waals surface area contributed by atoms with Crippen molar-refractivity contribution in [3.8, 4) is 16.9 Å². The van der Waals surface area contributed by atoms with Crippen molar-refractivity contribution in [1.29, 1.82) is 0 Å². The first kappa shape index (κ1) is 21.5. The zero-order chi connectivity index (χ0) is 23.5. The van der Waals surface area contributed by atoms with Gasteiger partial charge in [0.15, 0.2) is 0 Å². The number of allylic oxidation sites excluding steroid dienone is 1. The molecule has 0 spiro atoms. The molecule has 0 atom stereocenters. The molecule has 0 bridgehead atoms. The molecule has 168 valence electrons. The summed E-state index contributed by atoms with van der Waals surface area (Å²) in [5, 5.41) is 6.21. The normalized spacial score (nSPS) is 11.6. The lowest BCUT2D eigenvalue weighted by atomic mass is 9.96. The number of nitrogens with zero attached hydrogens (tertiary/aromatic N) is 1. The fourth-order valence-corrected chi connectivity index (χ4v) is 4.22. The molecule has 0 radical (unpaired) electrons. The molecule has 0 aliphatic rings. The lowest BCUT2D eigenvalue weighted by Gasteiger charge is -2.11. The molecule has 0 aliphatic carbocycles. The number of methoxy groups -OCH3 is 1. The lowest BCUT2D eigenvalue weighted by Crippen LogP contribution is -2.20. The molecule has 34 heavy (non-hydrogen) atoms. The minimum atomic E-state index is -0.176. The Morgan fingerprint density at radius 2 is 1.88 bits per heavy atom. The number of hydrogen-bond acceptors (Lipinski definition) is 4. The number of hydrogen-bond donors (Lipinski definition) is 1. The number of rotatable bonds is 6. The minimum Gasteiger partial charge on any atom is -0.496 e. The first-order valence-corrected chi connectivity index (χ1v) is 11.1. The van der Waals surface area contributed by atoms with E-state index in [4.69, 9.17) is 9.15 Å². The van der Waals surface area contributed by atoms with Gasteiger partial charge >= 0.3 is 0 Å². The second-order valence-corrected chi connectivity index (χ2v) is 8.13. The Bertz CT molecular complexity index is 1510. The van der Waals surface area contributed by atoms with Crippen LogP contribution in [0, 0.1) is 0 Å². The number of ether oxygens (including phenoxy) is 1. The molecule has 0 unspecified atom stereocenters. The van der Waals surface area contributed by atoms with Gasteiger partial charge in [0.1, 0.15) is 11.3 Å². The van der Waals surface area contributed by atoms with E-state index in [0.717, 1.165) is 44.2 Å². The summed E-state index contributed by atoms with van der Waals surface area (Å²) in [6, 6.07) is 22.2. The van der Waals surface area contributed by atoms with E-state index < -0.39 is 0 Å². The monoisotopic (exact) mass is 448 g/mol. The van der Waals surface area contributed by atoms with Crippen LogP contribution in [0.3, 0.4) is 0 Å². The maximum atomic E-state index is 12.6. The van der Waals surface area contributed by atoms with Crippen LogP contribution in [0.2, 0.25) is 0 Å². The molecule has 0 saturated heterocycles. The van der Waals surface area contributed by atoms with Gasteiger partial charge in [0.2, 0.25) is 5.91 Å². The third-order valence-corrected chi connectivity index (χ3v) is 5.94. The topological polar surface area (TPSA) is 64.4 Å². The van der Waals surface area contributed by atoms with Crippen molar-refractivity contribution >= 4 is 33.2 Å². The van der Waals surface area contributed by atoms with E-state index in [1.165, 1.54) is 5.39 Å². The standard InChI is InChI=1S/C29H24N2O3/c1-19(13-29(32)31-17-20-7-6-12-30-16-20)24-14-25-26(18-34-28(25)15-27(24)33-2)23-11-5-9-21-8-3-4-10-22(21)23/h3-16,18H,17H2,1-2H3,(H,31,32)/b19-13+. The van der Waals surface area contributed by atoms with Crippen LogP contribution in [0.5, 0.6) is 5.75 Å². The van der Waals surface area contributed by atoms with Crippen LogP contribution in [0.15, 0.2) is 95.9 Å². The smallest absolute Gasteiger partial charge is 0.244 e. The molecule has 1 amide bonds. The van der Waals surface area contributed by atoms with Gasteiger partial charge in [-0.3, -0.25) is 9.78 Å². The van der Waals surface area contributed by atoms with Crippen LogP contribution in [0.4, 0.5) is 0 Å². The number of nitrogens with one attached hydrogen (secondary N) is 1. The van der Waals surface area contributed by atoms with E-state index in [9.17, 15) is 4.79 Å². The molecule has 5 aromatic rings. The molecule has 5 heteroatoms. The van der Waals surface area contributed by atoms with Crippen LogP contribution < -0.4 is 10.1 Å². The third-order valence-electron chi connectivity index (χ3n) is 5.94. The van der Waals surface area contributed by atoms with E-state index >= 15 is 0 Å². The summed E-state index contributed by atoms with van der Waals surface area (Å²) in [4.78, 5) is 16.7. The minimum absolute atomic E-state index is 0.176. The van der Waals surface area contributed by atoms with Gasteiger partial charge in [0, 0.05) is 47.6 Å². The van der Waals surface area contributed by atoms with Crippen molar-refractivity contribution < 1.29 is 13.9 Å². The van der Waals surface area contributed by atoms with Gasteiger partial charge < -0.3 is 14.5 Å². The molecular weight excluding hydrogens is 424 g/mol. The zero-order valence-electron chi connectivity index (χ0n) is 19.0. The fraction of sp³-hybridized carbons (Fsp3) is 0.103. The Morgan fingerprint density at radius 3 is 2.71 bits per heavy atom. The lowest BCUT2D eigenvalue weighted by molar-refractivity contribution is -0.116. The highest BCUT2D eigenvalue weighted by Gasteiger charge is 2.16. The predicted molar refractivity (Wildman–Crippen MR) is 135 cm³/mol. The summed E-state index contributed by atoms with van der Waals surface area (Å²) in [5.41, 5.74) is 5.42. The molecule has 2 heterocycles. The van der Waals surface area contributed by atoms with Crippen molar-refractivity contribution in [1.82, 2.24) is 10.3 Å². The maximum absolute atomic E-state index is 12.6. The Morgan fingerprint density at radius 1 is 1.03 bits per heavy atom. The number of aromatic nitrogens is 1. The SMILES string of the molecule is COc1cc2occ(-c3cccc4ccccc34)c2cc1/C(C)=C/C(=O)NCc1cccnc1. The maximum Gasteiger partial charge on any atom is 0.244 e. The van der Waals surface area contributed by atoms with Crippen molar-refractivity contribution in [2.24, 2.45) is 0 Å². The summed E-state index contributed by atoms with van der Waals surface area (Å²) in [6.45, 7) is 2.32. The highest BCUT2D eigenvalue weighted by molar-refractivity contribution is 6.06. The molecule has 1 N–H and O–H groups in total. The average molecular weight is 449 g/mol. The van der Waals surface area contributed by atoms with E-state index in [0.29, 0.717) is 12.3 Å². The summed E-state index contributed by atoms with van der Waals surface area (Å²) in [7, 11) is 1.62. The van der Waals surface area contributed by atoms with Gasteiger partial charge in [-0.15, -0.1) is 0 Å². The van der Waals surface area contributed by atoms with Gasteiger partial charge in [0.25, 0.3) is 0 Å². The first-order chi connectivity index (χ1) is 16.6. The Kier molecular flexibility index (Phi) is 5.83. The average Bonchev–Trinajstić information content (AvgIpc) is 3.29. The Balaban J connectivity index is 1.52.